The lowest BCUT2D eigenvalue weighted by Gasteiger charge is -1.98. The highest BCUT2D eigenvalue weighted by Gasteiger charge is 2.11. The molecule has 4 nitrogen and oxygen atoms in total. The molecule has 0 aliphatic rings. The van der Waals surface area contributed by atoms with Crippen LogP contribution in [0.3, 0.4) is 0 Å². The van der Waals surface area contributed by atoms with Crippen molar-refractivity contribution in [3.63, 3.8) is 0 Å². The van der Waals surface area contributed by atoms with E-state index in [0.717, 1.165) is 12.1 Å². The van der Waals surface area contributed by atoms with Crippen molar-refractivity contribution in [2.24, 2.45) is 0 Å². The van der Waals surface area contributed by atoms with Crippen molar-refractivity contribution in [1.29, 1.82) is 0 Å². The van der Waals surface area contributed by atoms with Crippen LogP contribution < -0.4 is 0 Å². The molecule has 0 unspecified atom stereocenters. The number of carbonyl (C=O) groups excluding carboxylic acids is 1. The minimum Gasteiger partial charge on any atom is -0.281 e. The molecule has 0 amide bonds. The van der Waals surface area contributed by atoms with Crippen LogP contribution >= 0.6 is 11.6 Å². The Hall–Kier alpha value is -1.49. The van der Waals surface area contributed by atoms with Crippen molar-refractivity contribution >= 4 is 22.5 Å². The van der Waals surface area contributed by atoms with Gasteiger partial charge in [0.25, 0.3) is 5.69 Å². The minimum atomic E-state index is -0.798. The second-order valence-corrected chi connectivity index (χ2v) is 2.99. The average molecular weight is 218 g/mol. The van der Waals surface area contributed by atoms with Gasteiger partial charge in [0.15, 0.2) is 0 Å². The van der Waals surface area contributed by atoms with Crippen LogP contribution in [0.15, 0.2) is 18.2 Å². The lowest BCUT2D eigenvalue weighted by molar-refractivity contribution is -0.385. The molecule has 1 aromatic rings. The molecular formula is C8H5ClFNO3. The van der Waals surface area contributed by atoms with E-state index in [0.29, 0.717) is 0 Å². The predicted octanol–water partition coefficient (Wildman–Crippen LogP) is 2.04. The van der Waals surface area contributed by atoms with Gasteiger partial charge in [0.2, 0.25) is 5.24 Å². The number of rotatable bonds is 3. The first kappa shape index (κ1) is 10.6. The molecule has 0 bridgehead atoms. The van der Waals surface area contributed by atoms with Gasteiger partial charge in [0.05, 0.1) is 11.0 Å². The molecule has 74 valence electrons. The Morgan fingerprint density at radius 2 is 2.21 bits per heavy atom. The first-order valence-corrected chi connectivity index (χ1v) is 3.99. The maximum absolute atomic E-state index is 13.1. The van der Waals surface area contributed by atoms with Crippen LogP contribution in [0.2, 0.25) is 0 Å². The maximum Gasteiger partial charge on any atom is 0.272 e. The lowest BCUT2D eigenvalue weighted by Crippen LogP contribution is -1.98. The Morgan fingerprint density at radius 3 is 2.64 bits per heavy atom. The summed E-state index contributed by atoms with van der Waals surface area (Å²) in [5.41, 5.74) is -0.302. The van der Waals surface area contributed by atoms with E-state index in [-0.39, 0.29) is 17.7 Å². The van der Waals surface area contributed by atoms with Crippen LogP contribution in [0.25, 0.3) is 0 Å². The van der Waals surface area contributed by atoms with Crippen molar-refractivity contribution < 1.29 is 14.1 Å². The molecule has 14 heavy (non-hydrogen) atoms. The number of carbonyl (C=O) groups is 1. The van der Waals surface area contributed by atoms with E-state index in [4.69, 9.17) is 11.6 Å². The van der Waals surface area contributed by atoms with Crippen molar-refractivity contribution in [3.8, 4) is 0 Å². The van der Waals surface area contributed by atoms with Gasteiger partial charge < -0.3 is 0 Å². The van der Waals surface area contributed by atoms with Crippen LogP contribution in [0.5, 0.6) is 0 Å². The highest BCUT2D eigenvalue weighted by Crippen LogP contribution is 2.17. The van der Waals surface area contributed by atoms with Gasteiger partial charge >= 0.3 is 0 Å². The Labute approximate surface area is 83.4 Å². The van der Waals surface area contributed by atoms with Crippen molar-refractivity contribution in [2.45, 2.75) is 6.42 Å². The third-order valence-electron chi connectivity index (χ3n) is 1.58. The third-order valence-corrected chi connectivity index (χ3v) is 1.71. The molecule has 1 aromatic carbocycles. The van der Waals surface area contributed by atoms with Crippen LogP contribution in [-0.4, -0.2) is 10.2 Å². The van der Waals surface area contributed by atoms with Gasteiger partial charge in [-0.3, -0.25) is 14.9 Å². The summed E-state index contributed by atoms with van der Waals surface area (Å²) in [5, 5.41) is 9.52. The molecule has 6 heteroatoms. The number of halogens is 2. The van der Waals surface area contributed by atoms with Gasteiger partial charge in [0, 0.05) is 12.5 Å². The van der Waals surface area contributed by atoms with E-state index in [1.807, 2.05) is 0 Å². The SMILES string of the molecule is O=C(Cl)Cc1ccc([N+](=O)[O-])cc1F. The van der Waals surface area contributed by atoms with Crippen molar-refractivity contribution in [2.75, 3.05) is 0 Å². The molecule has 0 radical (unpaired) electrons. The van der Waals surface area contributed by atoms with Gasteiger partial charge in [-0.05, 0) is 23.2 Å². The quantitative estimate of drug-likeness (QED) is 0.442. The summed E-state index contributed by atoms with van der Waals surface area (Å²) in [5.74, 6) is -0.798. The molecule has 0 saturated carbocycles. The Bertz CT molecular complexity index is 394. The second-order valence-electron chi connectivity index (χ2n) is 2.56. The molecule has 0 spiro atoms. The second kappa shape index (κ2) is 4.15. The number of benzene rings is 1. The van der Waals surface area contributed by atoms with Gasteiger partial charge in [0.1, 0.15) is 5.82 Å². The number of hydrogen-bond acceptors (Lipinski definition) is 3. The molecule has 0 atom stereocenters. The van der Waals surface area contributed by atoms with Crippen LogP contribution in [-0.2, 0) is 11.2 Å². The van der Waals surface area contributed by atoms with Crippen LogP contribution in [0.4, 0.5) is 10.1 Å². The molecule has 0 fully saturated rings. The van der Waals surface area contributed by atoms with E-state index in [1.54, 1.807) is 0 Å². The Morgan fingerprint density at radius 1 is 1.57 bits per heavy atom. The monoisotopic (exact) mass is 217 g/mol. The number of non-ortho nitro benzene ring substituents is 1. The predicted molar refractivity (Wildman–Crippen MR) is 47.6 cm³/mol. The molecule has 0 N–H and O–H groups in total. The largest absolute Gasteiger partial charge is 0.281 e. The molecular weight excluding hydrogens is 213 g/mol. The summed E-state index contributed by atoms with van der Waals surface area (Å²) in [6.45, 7) is 0. The lowest BCUT2D eigenvalue weighted by atomic mass is 10.1. The van der Waals surface area contributed by atoms with E-state index < -0.39 is 16.0 Å². The summed E-state index contributed by atoms with van der Waals surface area (Å²) >= 11 is 5.05. The topological polar surface area (TPSA) is 60.2 Å². The molecule has 0 heterocycles. The number of nitrogens with zero attached hydrogens (tertiary/aromatic N) is 1. The fraction of sp³-hybridized carbons (Fsp3) is 0.125. The van der Waals surface area contributed by atoms with E-state index in [2.05, 4.69) is 0 Å². The third kappa shape index (κ3) is 2.50. The van der Waals surface area contributed by atoms with E-state index in [1.165, 1.54) is 6.07 Å². The number of nitro groups is 1. The average Bonchev–Trinajstić information content (AvgIpc) is 2.07. The highest BCUT2D eigenvalue weighted by atomic mass is 35.5. The summed E-state index contributed by atoms with van der Waals surface area (Å²) in [4.78, 5) is 20.0. The fourth-order valence-corrected chi connectivity index (χ4v) is 1.09. The first-order valence-electron chi connectivity index (χ1n) is 3.62. The van der Waals surface area contributed by atoms with Gasteiger partial charge in [-0.15, -0.1) is 0 Å². The van der Waals surface area contributed by atoms with Gasteiger partial charge in [-0.1, -0.05) is 0 Å². The highest BCUT2D eigenvalue weighted by molar-refractivity contribution is 6.63. The maximum atomic E-state index is 13.1. The Kier molecular flexibility index (Phi) is 3.14. The Balaban J connectivity index is 3.01. The van der Waals surface area contributed by atoms with E-state index >= 15 is 0 Å². The van der Waals surface area contributed by atoms with Gasteiger partial charge in [-0.25, -0.2) is 4.39 Å². The zero-order valence-corrected chi connectivity index (χ0v) is 7.62. The fourth-order valence-electron chi connectivity index (χ4n) is 0.943. The molecule has 0 saturated heterocycles. The van der Waals surface area contributed by atoms with Crippen molar-refractivity contribution in [1.82, 2.24) is 0 Å². The normalized spacial score (nSPS) is 9.86. The van der Waals surface area contributed by atoms with E-state index in [9.17, 15) is 19.3 Å². The van der Waals surface area contributed by atoms with Gasteiger partial charge in [-0.2, -0.15) is 0 Å². The number of hydrogen-bond donors (Lipinski definition) is 0. The zero-order valence-electron chi connectivity index (χ0n) is 6.87. The van der Waals surface area contributed by atoms with Crippen molar-refractivity contribution in [3.05, 3.63) is 39.7 Å². The first-order chi connectivity index (χ1) is 6.50. The molecule has 0 aliphatic carbocycles. The summed E-state index contributed by atoms with van der Waals surface area (Å²) in [6.07, 6.45) is -0.272. The zero-order chi connectivity index (χ0) is 10.7. The summed E-state index contributed by atoms with van der Waals surface area (Å²) < 4.78 is 13.1. The number of nitro benzene ring substituents is 1. The van der Waals surface area contributed by atoms with Crippen LogP contribution in [0, 0.1) is 15.9 Å². The minimum absolute atomic E-state index is 0.0515. The summed E-state index contributed by atoms with van der Waals surface area (Å²) in [7, 11) is 0. The molecule has 0 aromatic heterocycles. The molecule has 0 aliphatic heterocycles. The van der Waals surface area contributed by atoms with Crippen LogP contribution in [0.1, 0.15) is 5.56 Å². The summed E-state index contributed by atoms with van der Waals surface area (Å²) in [6, 6.07) is 3.06. The standard InChI is InChI=1S/C8H5ClFNO3/c9-8(12)3-5-1-2-6(11(13)14)4-7(5)10/h1-2,4H,3H2. The molecule has 1 rings (SSSR count). The smallest absolute Gasteiger partial charge is 0.272 e.